The van der Waals surface area contributed by atoms with E-state index in [1.165, 1.54) is 0 Å². The van der Waals surface area contributed by atoms with Gasteiger partial charge in [-0.15, -0.1) is 0 Å². The highest BCUT2D eigenvalue weighted by Crippen LogP contribution is 2.18. The fraction of sp³-hybridized carbons (Fsp3) is 0.0588. The first-order valence-corrected chi connectivity index (χ1v) is 7.47. The minimum absolute atomic E-state index is 0.200. The van der Waals surface area contributed by atoms with Gasteiger partial charge >= 0.3 is 0 Å². The van der Waals surface area contributed by atoms with Crippen LogP contribution in [0.3, 0.4) is 0 Å². The van der Waals surface area contributed by atoms with E-state index in [1.54, 1.807) is 13.2 Å². The number of halogens is 1. The van der Waals surface area contributed by atoms with Gasteiger partial charge in [0.25, 0.3) is 5.91 Å². The summed E-state index contributed by atoms with van der Waals surface area (Å²) in [6, 6.07) is 15.1. The van der Waals surface area contributed by atoms with Gasteiger partial charge in [-0.2, -0.15) is 0 Å². The lowest BCUT2D eigenvalue weighted by molar-refractivity contribution is -0.115. The maximum absolute atomic E-state index is 12.0. The number of carbonyl (C=O) groups is 1. The Bertz CT molecular complexity index is 762. The molecule has 5 heteroatoms. The zero-order valence-electron chi connectivity index (χ0n) is 11.8. The molecule has 22 heavy (non-hydrogen) atoms. The molecule has 0 atom stereocenters. The molecule has 2 aromatic rings. The fourth-order valence-electron chi connectivity index (χ4n) is 2.07. The Hall–Kier alpha value is -2.40. The Balaban J connectivity index is 1.88. The van der Waals surface area contributed by atoms with Crippen molar-refractivity contribution in [3.63, 3.8) is 0 Å². The van der Waals surface area contributed by atoms with Crippen LogP contribution in [-0.4, -0.2) is 18.9 Å². The van der Waals surface area contributed by atoms with Crippen molar-refractivity contribution in [2.45, 2.75) is 0 Å². The highest BCUT2D eigenvalue weighted by molar-refractivity contribution is 9.10. The fourth-order valence-corrected chi connectivity index (χ4v) is 2.34. The molecule has 4 nitrogen and oxygen atoms in total. The highest BCUT2D eigenvalue weighted by atomic mass is 79.9. The summed E-state index contributed by atoms with van der Waals surface area (Å²) >= 11 is 3.38. The predicted molar refractivity (Wildman–Crippen MR) is 89.8 cm³/mol. The molecular formula is C17H13BrN2O2. The third-order valence-corrected chi connectivity index (χ3v) is 3.76. The molecular weight excluding hydrogens is 344 g/mol. The molecule has 0 bridgehead atoms. The van der Waals surface area contributed by atoms with Crippen LogP contribution in [0.1, 0.15) is 11.1 Å². The van der Waals surface area contributed by atoms with Crippen LogP contribution in [0.2, 0.25) is 0 Å². The summed E-state index contributed by atoms with van der Waals surface area (Å²) < 4.78 is 6.10. The summed E-state index contributed by atoms with van der Waals surface area (Å²) in [4.78, 5) is 16.4. The molecule has 1 aliphatic heterocycles. The van der Waals surface area contributed by atoms with Crippen LogP contribution in [-0.2, 0) is 4.79 Å². The Kier molecular flexibility index (Phi) is 4.06. The molecule has 0 fully saturated rings. The van der Waals surface area contributed by atoms with Gasteiger partial charge in [0.2, 0.25) is 0 Å². The summed E-state index contributed by atoms with van der Waals surface area (Å²) in [7, 11) is 1.62. The van der Waals surface area contributed by atoms with Crippen LogP contribution in [0, 0.1) is 0 Å². The van der Waals surface area contributed by atoms with Gasteiger partial charge in [-0.25, -0.2) is 4.99 Å². The molecule has 0 saturated carbocycles. The second-order valence-electron chi connectivity index (χ2n) is 4.72. The van der Waals surface area contributed by atoms with Crippen molar-refractivity contribution in [1.82, 2.24) is 5.32 Å². The second-order valence-corrected chi connectivity index (χ2v) is 5.64. The Morgan fingerprint density at radius 1 is 1.09 bits per heavy atom. The van der Waals surface area contributed by atoms with Gasteiger partial charge in [-0.3, -0.25) is 4.79 Å². The number of benzene rings is 2. The molecule has 0 unspecified atom stereocenters. The van der Waals surface area contributed by atoms with Crippen molar-refractivity contribution >= 4 is 33.7 Å². The molecule has 110 valence electrons. The molecule has 1 amide bonds. The standard InChI is InChI=1S/C17H13BrN2O2/c1-22-14-8-2-11(3-9-14)10-15-17(21)20-16(19-15)12-4-6-13(18)7-5-12/h2-10H,1H3,(H,19,20,21)/b15-10+. The Morgan fingerprint density at radius 2 is 1.77 bits per heavy atom. The number of ether oxygens (including phenoxy) is 1. The van der Waals surface area contributed by atoms with E-state index in [1.807, 2.05) is 48.5 Å². The molecule has 0 aliphatic carbocycles. The average molecular weight is 357 g/mol. The lowest BCUT2D eigenvalue weighted by Crippen LogP contribution is -2.24. The van der Waals surface area contributed by atoms with E-state index < -0.39 is 0 Å². The zero-order valence-corrected chi connectivity index (χ0v) is 13.4. The van der Waals surface area contributed by atoms with Gasteiger partial charge in [-0.1, -0.05) is 40.2 Å². The van der Waals surface area contributed by atoms with Gasteiger partial charge in [-0.05, 0) is 35.9 Å². The maximum Gasteiger partial charge on any atom is 0.275 e. The lowest BCUT2D eigenvalue weighted by Gasteiger charge is -1.99. The Morgan fingerprint density at radius 3 is 2.41 bits per heavy atom. The van der Waals surface area contributed by atoms with Crippen molar-refractivity contribution in [2.75, 3.05) is 7.11 Å². The van der Waals surface area contributed by atoms with Crippen molar-refractivity contribution in [1.29, 1.82) is 0 Å². The molecule has 2 aromatic carbocycles. The molecule has 0 spiro atoms. The van der Waals surface area contributed by atoms with Crippen molar-refractivity contribution in [2.24, 2.45) is 4.99 Å². The molecule has 1 N–H and O–H groups in total. The summed E-state index contributed by atoms with van der Waals surface area (Å²) in [6.45, 7) is 0. The largest absolute Gasteiger partial charge is 0.497 e. The number of hydrogen-bond donors (Lipinski definition) is 1. The molecule has 1 aliphatic rings. The first-order chi connectivity index (χ1) is 10.7. The predicted octanol–water partition coefficient (Wildman–Crippen LogP) is 3.38. The smallest absolute Gasteiger partial charge is 0.275 e. The monoisotopic (exact) mass is 356 g/mol. The average Bonchev–Trinajstić information content (AvgIpc) is 2.90. The third kappa shape index (κ3) is 3.09. The number of rotatable bonds is 3. The number of amidine groups is 1. The second kappa shape index (κ2) is 6.15. The number of carbonyl (C=O) groups excluding carboxylic acids is 1. The van der Waals surface area contributed by atoms with Crippen molar-refractivity contribution in [3.05, 3.63) is 69.8 Å². The summed E-state index contributed by atoms with van der Waals surface area (Å²) in [6.07, 6.45) is 1.75. The number of hydrogen-bond acceptors (Lipinski definition) is 3. The van der Waals surface area contributed by atoms with Gasteiger partial charge in [0.15, 0.2) is 0 Å². The Labute approximate surface area is 136 Å². The molecule has 0 aromatic heterocycles. The van der Waals surface area contributed by atoms with Crippen molar-refractivity contribution < 1.29 is 9.53 Å². The van der Waals surface area contributed by atoms with Gasteiger partial charge in [0.05, 0.1) is 7.11 Å². The summed E-state index contributed by atoms with van der Waals surface area (Å²) in [5.74, 6) is 1.14. The first-order valence-electron chi connectivity index (χ1n) is 6.67. The summed E-state index contributed by atoms with van der Waals surface area (Å²) in [5.41, 5.74) is 2.16. The molecule has 3 rings (SSSR count). The van der Waals surface area contributed by atoms with Crippen LogP contribution >= 0.6 is 15.9 Å². The van der Waals surface area contributed by atoms with Crippen LogP contribution in [0.25, 0.3) is 6.08 Å². The molecule has 1 heterocycles. The van der Waals surface area contributed by atoms with Crippen LogP contribution in [0.4, 0.5) is 0 Å². The molecule has 0 saturated heterocycles. The number of nitrogens with one attached hydrogen (secondary N) is 1. The number of nitrogens with zero attached hydrogens (tertiary/aromatic N) is 1. The topological polar surface area (TPSA) is 50.7 Å². The third-order valence-electron chi connectivity index (χ3n) is 3.23. The van der Waals surface area contributed by atoms with Crippen molar-refractivity contribution in [3.8, 4) is 5.75 Å². The quantitative estimate of drug-likeness (QED) is 0.857. The van der Waals surface area contributed by atoms with E-state index in [9.17, 15) is 4.79 Å². The van der Waals surface area contributed by atoms with Gasteiger partial charge in [0, 0.05) is 10.0 Å². The van der Waals surface area contributed by atoms with Crippen LogP contribution < -0.4 is 10.1 Å². The SMILES string of the molecule is COc1ccc(/C=C2/N=C(c3ccc(Br)cc3)NC2=O)cc1. The van der Waals surface area contributed by atoms with E-state index in [2.05, 4.69) is 26.2 Å². The lowest BCUT2D eigenvalue weighted by atomic mass is 10.2. The number of aliphatic imine (C=N–C) groups is 1. The van der Waals surface area contributed by atoms with E-state index in [0.29, 0.717) is 11.5 Å². The van der Waals surface area contributed by atoms with E-state index in [-0.39, 0.29) is 5.91 Å². The highest BCUT2D eigenvalue weighted by Gasteiger charge is 2.20. The van der Waals surface area contributed by atoms with E-state index in [0.717, 1.165) is 21.3 Å². The number of methoxy groups -OCH3 is 1. The van der Waals surface area contributed by atoms with Crippen LogP contribution in [0.15, 0.2) is 63.7 Å². The minimum atomic E-state index is -0.200. The maximum atomic E-state index is 12.0. The van der Waals surface area contributed by atoms with E-state index in [4.69, 9.17) is 4.74 Å². The minimum Gasteiger partial charge on any atom is -0.497 e. The van der Waals surface area contributed by atoms with Gasteiger partial charge < -0.3 is 10.1 Å². The van der Waals surface area contributed by atoms with Crippen LogP contribution in [0.5, 0.6) is 5.75 Å². The normalized spacial score (nSPS) is 15.6. The van der Waals surface area contributed by atoms with E-state index >= 15 is 0 Å². The first kappa shape index (κ1) is 14.5. The van der Waals surface area contributed by atoms with Gasteiger partial charge in [0.1, 0.15) is 17.3 Å². The summed E-state index contributed by atoms with van der Waals surface area (Å²) in [5, 5.41) is 2.79. The molecule has 0 radical (unpaired) electrons. The zero-order chi connectivity index (χ0) is 15.5. The number of amides is 1.